The summed E-state index contributed by atoms with van der Waals surface area (Å²) in [4.78, 5) is 16.8. The predicted octanol–water partition coefficient (Wildman–Crippen LogP) is 3.64. The van der Waals surface area contributed by atoms with E-state index in [2.05, 4.69) is 10.1 Å². The highest BCUT2D eigenvalue weighted by atomic mass is 32.2. The third-order valence-electron chi connectivity index (χ3n) is 4.93. The second-order valence-corrected chi connectivity index (χ2v) is 9.73. The molecule has 1 fully saturated rings. The molecule has 10 heteroatoms. The van der Waals surface area contributed by atoms with Crippen molar-refractivity contribution in [1.29, 1.82) is 0 Å². The molecule has 0 radical (unpaired) electrons. The maximum atomic E-state index is 13.0. The third kappa shape index (κ3) is 4.30. The largest absolute Gasteiger partial charge is 0.452 e. The van der Waals surface area contributed by atoms with Crippen LogP contribution in [0, 0.1) is 6.92 Å². The van der Waals surface area contributed by atoms with E-state index in [1.165, 1.54) is 21.7 Å². The van der Waals surface area contributed by atoms with Crippen LogP contribution in [-0.2, 0) is 21.4 Å². The number of ether oxygens (including phenoxy) is 1. The summed E-state index contributed by atoms with van der Waals surface area (Å²) in [6.45, 7) is 2.52. The number of piperidine rings is 1. The predicted molar refractivity (Wildman–Crippen MR) is 111 cm³/mol. The van der Waals surface area contributed by atoms with Crippen molar-refractivity contribution in [3.8, 4) is 11.4 Å². The van der Waals surface area contributed by atoms with Crippen molar-refractivity contribution in [2.45, 2.75) is 37.7 Å². The Morgan fingerprint density at radius 3 is 2.77 bits per heavy atom. The average molecular weight is 448 g/mol. The van der Waals surface area contributed by atoms with Gasteiger partial charge in [0, 0.05) is 24.0 Å². The van der Waals surface area contributed by atoms with Gasteiger partial charge in [-0.3, -0.25) is 0 Å². The molecular formula is C20H21N3O5S2. The summed E-state index contributed by atoms with van der Waals surface area (Å²) in [5, 5.41) is 7.65. The van der Waals surface area contributed by atoms with Gasteiger partial charge >= 0.3 is 5.97 Å². The lowest BCUT2D eigenvalue weighted by molar-refractivity contribution is 0.0429. The van der Waals surface area contributed by atoms with Gasteiger partial charge in [-0.05, 0) is 48.9 Å². The highest BCUT2D eigenvalue weighted by molar-refractivity contribution is 7.89. The Balaban J connectivity index is 1.47. The van der Waals surface area contributed by atoms with Crippen LogP contribution >= 0.6 is 11.3 Å². The topological polar surface area (TPSA) is 103 Å². The van der Waals surface area contributed by atoms with Gasteiger partial charge in [-0.15, -0.1) is 0 Å². The van der Waals surface area contributed by atoms with Crippen molar-refractivity contribution in [2.75, 3.05) is 13.1 Å². The molecule has 3 heterocycles. The fourth-order valence-corrected chi connectivity index (χ4v) is 5.68. The molecule has 1 aromatic carbocycles. The number of thiophene rings is 1. The maximum absolute atomic E-state index is 13.0. The van der Waals surface area contributed by atoms with Crippen molar-refractivity contribution < 1.29 is 22.5 Å². The van der Waals surface area contributed by atoms with Gasteiger partial charge in [0.05, 0.1) is 10.5 Å². The van der Waals surface area contributed by atoms with Crippen LogP contribution in [0.25, 0.3) is 11.4 Å². The minimum atomic E-state index is -3.65. The molecule has 1 aliphatic rings. The number of sulfonamides is 1. The molecule has 1 saturated heterocycles. The number of esters is 1. The SMILES string of the molecule is Cc1ccc(C(=O)OCc2nc(-c3ccsc3)no2)cc1S(=O)(=O)N1CCCCC1. The molecule has 8 nitrogen and oxygen atoms in total. The molecule has 0 aliphatic carbocycles. The van der Waals surface area contributed by atoms with Crippen LogP contribution in [0.2, 0.25) is 0 Å². The van der Waals surface area contributed by atoms with Crippen LogP contribution < -0.4 is 0 Å². The molecule has 0 saturated carbocycles. The first-order valence-electron chi connectivity index (χ1n) is 9.58. The maximum Gasteiger partial charge on any atom is 0.338 e. The smallest absolute Gasteiger partial charge is 0.338 e. The molecule has 30 heavy (non-hydrogen) atoms. The number of benzene rings is 1. The molecule has 0 bridgehead atoms. The first-order valence-corrected chi connectivity index (χ1v) is 12.0. The Bertz CT molecular complexity index is 1130. The van der Waals surface area contributed by atoms with Crippen LogP contribution in [0.3, 0.4) is 0 Å². The molecule has 0 spiro atoms. The van der Waals surface area contributed by atoms with Crippen LogP contribution in [0.4, 0.5) is 0 Å². The number of hydrogen-bond acceptors (Lipinski definition) is 8. The van der Waals surface area contributed by atoms with E-state index in [0.29, 0.717) is 24.5 Å². The molecule has 158 valence electrons. The van der Waals surface area contributed by atoms with Crippen molar-refractivity contribution in [2.24, 2.45) is 0 Å². The summed E-state index contributed by atoms with van der Waals surface area (Å²) in [5.74, 6) is -0.0641. The standard InChI is InChI=1S/C20H21N3O5S2/c1-14-5-6-15(11-17(14)30(25,26)23-8-3-2-4-9-23)20(24)27-12-18-21-19(22-28-18)16-7-10-29-13-16/h5-7,10-11,13H,2-4,8-9,12H2,1H3. The molecule has 0 atom stereocenters. The van der Waals surface area contributed by atoms with E-state index >= 15 is 0 Å². The molecular weight excluding hydrogens is 426 g/mol. The number of aromatic nitrogens is 2. The fraction of sp³-hybridized carbons (Fsp3) is 0.350. The molecule has 3 aromatic rings. The van der Waals surface area contributed by atoms with Gasteiger partial charge in [-0.25, -0.2) is 13.2 Å². The Labute approximate surface area is 178 Å². The summed E-state index contributed by atoms with van der Waals surface area (Å²) < 4.78 is 37.9. The van der Waals surface area contributed by atoms with Crippen LogP contribution in [0.15, 0.2) is 44.4 Å². The summed E-state index contributed by atoms with van der Waals surface area (Å²) in [6.07, 6.45) is 2.72. The van der Waals surface area contributed by atoms with Gasteiger partial charge in [0.1, 0.15) is 0 Å². The Kier molecular flexibility index (Phi) is 5.98. The number of aryl methyl sites for hydroxylation is 1. The summed E-state index contributed by atoms with van der Waals surface area (Å²) >= 11 is 1.51. The van der Waals surface area contributed by atoms with Gasteiger partial charge < -0.3 is 9.26 Å². The van der Waals surface area contributed by atoms with Crippen molar-refractivity contribution in [3.05, 3.63) is 52.0 Å². The van der Waals surface area contributed by atoms with E-state index in [4.69, 9.17) is 9.26 Å². The van der Waals surface area contributed by atoms with E-state index in [1.807, 2.05) is 16.8 Å². The zero-order valence-electron chi connectivity index (χ0n) is 16.4. The van der Waals surface area contributed by atoms with Crippen molar-refractivity contribution in [3.63, 3.8) is 0 Å². The quantitative estimate of drug-likeness (QED) is 0.532. The second-order valence-electron chi connectivity index (χ2n) is 7.04. The Morgan fingerprint density at radius 2 is 2.03 bits per heavy atom. The highest BCUT2D eigenvalue weighted by Gasteiger charge is 2.28. The van der Waals surface area contributed by atoms with Gasteiger partial charge in [-0.2, -0.15) is 20.6 Å². The van der Waals surface area contributed by atoms with E-state index in [1.54, 1.807) is 19.1 Å². The van der Waals surface area contributed by atoms with Crippen LogP contribution in [0.5, 0.6) is 0 Å². The zero-order chi connectivity index (χ0) is 21.1. The minimum absolute atomic E-state index is 0.136. The monoisotopic (exact) mass is 447 g/mol. The Hall–Kier alpha value is -2.56. The average Bonchev–Trinajstić information content (AvgIpc) is 3.45. The van der Waals surface area contributed by atoms with E-state index in [9.17, 15) is 13.2 Å². The fourth-order valence-electron chi connectivity index (χ4n) is 3.28. The molecule has 1 aliphatic heterocycles. The summed E-state index contributed by atoms with van der Waals surface area (Å²) in [5.41, 5.74) is 1.58. The van der Waals surface area contributed by atoms with Crippen LogP contribution in [0.1, 0.15) is 41.1 Å². The molecule has 0 unspecified atom stereocenters. The highest BCUT2D eigenvalue weighted by Crippen LogP contribution is 2.25. The minimum Gasteiger partial charge on any atom is -0.452 e. The number of nitrogens with zero attached hydrogens (tertiary/aromatic N) is 3. The van der Waals surface area contributed by atoms with E-state index < -0.39 is 16.0 Å². The molecule has 2 aromatic heterocycles. The summed E-state index contributed by atoms with van der Waals surface area (Å²) in [6, 6.07) is 6.42. The van der Waals surface area contributed by atoms with E-state index in [0.717, 1.165) is 24.8 Å². The number of carbonyl (C=O) groups excluding carboxylic acids is 1. The zero-order valence-corrected chi connectivity index (χ0v) is 18.0. The lowest BCUT2D eigenvalue weighted by Crippen LogP contribution is -2.36. The van der Waals surface area contributed by atoms with E-state index in [-0.39, 0.29) is 23.0 Å². The number of hydrogen-bond donors (Lipinski definition) is 0. The van der Waals surface area contributed by atoms with Crippen molar-refractivity contribution >= 4 is 27.3 Å². The lowest BCUT2D eigenvalue weighted by Gasteiger charge is -2.26. The van der Waals surface area contributed by atoms with Crippen molar-refractivity contribution in [1.82, 2.24) is 14.4 Å². The van der Waals surface area contributed by atoms with Gasteiger partial charge in [0.25, 0.3) is 5.89 Å². The Morgan fingerprint density at radius 1 is 1.23 bits per heavy atom. The lowest BCUT2D eigenvalue weighted by atomic mass is 10.1. The van der Waals surface area contributed by atoms with Gasteiger partial charge in [0.15, 0.2) is 6.61 Å². The van der Waals surface area contributed by atoms with Crippen LogP contribution in [-0.4, -0.2) is 41.9 Å². The first kappa shape index (κ1) is 20.7. The number of carbonyl (C=O) groups is 1. The van der Waals surface area contributed by atoms with Gasteiger partial charge in [0.2, 0.25) is 15.8 Å². The first-order chi connectivity index (χ1) is 14.4. The van der Waals surface area contributed by atoms with Gasteiger partial charge in [-0.1, -0.05) is 17.6 Å². The number of rotatable bonds is 6. The molecule has 4 rings (SSSR count). The third-order valence-corrected chi connectivity index (χ3v) is 7.65. The second kappa shape index (κ2) is 8.66. The summed E-state index contributed by atoms with van der Waals surface area (Å²) in [7, 11) is -3.65. The molecule has 0 amide bonds. The molecule has 0 N–H and O–H groups in total. The normalized spacial score (nSPS) is 15.2.